The summed E-state index contributed by atoms with van der Waals surface area (Å²) in [5, 5.41) is 3.55. The number of aromatic nitrogens is 1. The van der Waals surface area contributed by atoms with E-state index in [2.05, 4.69) is 23.3 Å². The van der Waals surface area contributed by atoms with Crippen molar-refractivity contribution in [1.29, 1.82) is 0 Å². The standard InChI is InChI=1S/C16H26N2O2/c1-4-17-15(16(19-5-2)20-6-3)13-10-9-12-8-7-11-18-14(12)13/h7-8,11,13,15-17H,4-6,9-10H2,1-3H3. The summed E-state index contributed by atoms with van der Waals surface area (Å²) in [6.45, 7) is 8.37. The molecule has 0 radical (unpaired) electrons. The van der Waals surface area contributed by atoms with Crippen LogP contribution in [0.2, 0.25) is 0 Å². The van der Waals surface area contributed by atoms with Crippen LogP contribution in [0.1, 0.15) is 44.4 Å². The molecule has 0 saturated heterocycles. The predicted octanol–water partition coefficient (Wildman–Crippen LogP) is 2.49. The number of nitrogens with one attached hydrogen (secondary N) is 1. The maximum absolute atomic E-state index is 5.81. The Hall–Kier alpha value is -0.970. The minimum Gasteiger partial charge on any atom is -0.351 e. The smallest absolute Gasteiger partial charge is 0.173 e. The van der Waals surface area contributed by atoms with Gasteiger partial charge in [0.15, 0.2) is 6.29 Å². The van der Waals surface area contributed by atoms with Crippen LogP contribution < -0.4 is 5.32 Å². The molecule has 0 spiro atoms. The highest BCUT2D eigenvalue weighted by Gasteiger charge is 2.36. The van der Waals surface area contributed by atoms with Crippen molar-refractivity contribution in [3.05, 3.63) is 29.6 Å². The van der Waals surface area contributed by atoms with E-state index < -0.39 is 0 Å². The van der Waals surface area contributed by atoms with Gasteiger partial charge in [-0.2, -0.15) is 0 Å². The lowest BCUT2D eigenvalue weighted by Crippen LogP contribution is -2.46. The fourth-order valence-corrected chi connectivity index (χ4v) is 3.04. The van der Waals surface area contributed by atoms with Gasteiger partial charge in [0.25, 0.3) is 0 Å². The van der Waals surface area contributed by atoms with Gasteiger partial charge in [-0.3, -0.25) is 4.98 Å². The topological polar surface area (TPSA) is 43.4 Å². The normalized spacial score (nSPS) is 19.3. The molecule has 0 aliphatic heterocycles. The van der Waals surface area contributed by atoms with Gasteiger partial charge in [-0.05, 0) is 44.9 Å². The molecular weight excluding hydrogens is 252 g/mol. The van der Waals surface area contributed by atoms with Gasteiger partial charge in [-0.1, -0.05) is 13.0 Å². The van der Waals surface area contributed by atoms with E-state index in [0.717, 1.165) is 19.4 Å². The third-order valence-corrected chi connectivity index (χ3v) is 3.83. The van der Waals surface area contributed by atoms with E-state index >= 15 is 0 Å². The van der Waals surface area contributed by atoms with Crippen LogP contribution in [0.25, 0.3) is 0 Å². The number of hydrogen-bond donors (Lipinski definition) is 1. The summed E-state index contributed by atoms with van der Waals surface area (Å²) in [7, 11) is 0. The molecule has 1 aromatic rings. The number of pyridine rings is 1. The van der Waals surface area contributed by atoms with Crippen LogP contribution >= 0.6 is 0 Å². The summed E-state index contributed by atoms with van der Waals surface area (Å²) in [6, 6.07) is 4.37. The van der Waals surface area contributed by atoms with E-state index in [1.54, 1.807) is 0 Å². The Kier molecular flexibility index (Phi) is 5.95. The molecule has 0 saturated carbocycles. The van der Waals surface area contributed by atoms with Crippen LogP contribution in [0.15, 0.2) is 18.3 Å². The highest BCUT2D eigenvalue weighted by atomic mass is 16.7. The molecule has 2 atom stereocenters. The fraction of sp³-hybridized carbons (Fsp3) is 0.688. The molecule has 1 heterocycles. The van der Waals surface area contributed by atoms with Crippen molar-refractivity contribution in [2.45, 2.75) is 51.9 Å². The quantitative estimate of drug-likeness (QED) is 0.742. The third-order valence-electron chi connectivity index (χ3n) is 3.83. The maximum atomic E-state index is 5.81. The SMILES string of the molecule is CCNC(C(OCC)OCC)C1CCc2cccnc21. The second-order valence-corrected chi connectivity index (χ2v) is 5.06. The molecule has 1 N–H and O–H groups in total. The number of nitrogens with zero attached hydrogens (tertiary/aromatic N) is 1. The Labute approximate surface area is 121 Å². The molecule has 4 nitrogen and oxygen atoms in total. The van der Waals surface area contributed by atoms with Crippen molar-refractivity contribution >= 4 is 0 Å². The summed E-state index contributed by atoms with van der Waals surface area (Å²) in [6.07, 6.45) is 3.89. The van der Waals surface area contributed by atoms with Gasteiger partial charge in [0, 0.05) is 31.0 Å². The van der Waals surface area contributed by atoms with Crippen LogP contribution in [0, 0.1) is 0 Å². The molecule has 1 aliphatic rings. The van der Waals surface area contributed by atoms with E-state index in [-0.39, 0.29) is 12.3 Å². The number of aryl methyl sites for hydroxylation is 1. The predicted molar refractivity (Wildman–Crippen MR) is 79.8 cm³/mol. The lowest BCUT2D eigenvalue weighted by atomic mass is 9.96. The molecule has 1 aromatic heterocycles. The average Bonchev–Trinajstić information content (AvgIpc) is 2.88. The molecule has 0 amide bonds. The van der Waals surface area contributed by atoms with Crippen molar-refractivity contribution in [2.75, 3.05) is 19.8 Å². The van der Waals surface area contributed by atoms with Crippen LogP contribution in [0.4, 0.5) is 0 Å². The molecule has 4 heteroatoms. The van der Waals surface area contributed by atoms with Crippen molar-refractivity contribution in [3.63, 3.8) is 0 Å². The highest BCUT2D eigenvalue weighted by Crippen LogP contribution is 2.35. The lowest BCUT2D eigenvalue weighted by molar-refractivity contribution is -0.157. The molecular formula is C16H26N2O2. The van der Waals surface area contributed by atoms with E-state index in [0.29, 0.717) is 19.1 Å². The molecule has 0 fully saturated rings. The Balaban J connectivity index is 2.20. The summed E-state index contributed by atoms with van der Waals surface area (Å²) >= 11 is 0. The molecule has 0 bridgehead atoms. The number of hydrogen-bond acceptors (Lipinski definition) is 4. The number of fused-ring (bicyclic) bond motifs is 1. The van der Waals surface area contributed by atoms with Gasteiger partial charge in [0.05, 0.1) is 6.04 Å². The Morgan fingerprint density at radius 2 is 2.05 bits per heavy atom. The van der Waals surface area contributed by atoms with E-state index in [9.17, 15) is 0 Å². The monoisotopic (exact) mass is 278 g/mol. The van der Waals surface area contributed by atoms with Crippen LogP contribution in [0.5, 0.6) is 0 Å². The molecule has 112 valence electrons. The minimum atomic E-state index is -0.206. The first kappa shape index (κ1) is 15.4. The summed E-state index contributed by atoms with van der Waals surface area (Å²) in [4.78, 5) is 4.60. The Morgan fingerprint density at radius 3 is 2.70 bits per heavy atom. The zero-order chi connectivity index (χ0) is 14.4. The Bertz CT molecular complexity index is 405. The zero-order valence-electron chi connectivity index (χ0n) is 12.8. The molecule has 2 rings (SSSR count). The first-order valence-electron chi connectivity index (χ1n) is 7.72. The van der Waals surface area contributed by atoms with Crippen molar-refractivity contribution in [3.8, 4) is 0 Å². The summed E-state index contributed by atoms with van der Waals surface area (Å²) in [5.74, 6) is 0.370. The van der Waals surface area contributed by atoms with E-state index in [1.165, 1.54) is 11.3 Å². The molecule has 0 aromatic carbocycles. The maximum Gasteiger partial charge on any atom is 0.173 e. The second kappa shape index (κ2) is 7.72. The van der Waals surface area contributed by atoms with Gasteiger partial charge in [0.1, 0.15) is 0 Å². The third kappa shape index (κ3) is 3.37. The average molecular weight is 278 g/mol. The highest BCUT2D eigenvalue weighted by molar-refractivity contribution is 5.30. The van der Waals surface area contributed by atoms with Gasteiger partial charge < -0.3 is 14.8 Å². The van der Waals surface area contributed by atoms with Crippen LogP contribution in [0.3, 0.4) is 0 Å². The van der Waals surface area contributed by atoms with E-state index in [1.807, 2.05) is 26.1 Å². The fourth-order valence-electron chi connectivity index (χ4n) is 3.04. The number of likely N-dealkylation sites (N-methyl/N-ethyl adjacent to an activating group) is 1. The van der Waals surface area contributed by atoms with Crippen molar-refractivity contribution in [2.24, 2.45) is 0 Å². The minimum absolute atomic E-state index is 0.163. The van der Waals surface area contributed by atoms with Gasteiger partial charge >= 0.3 is 0 Å². The number of rotatable bonds is 8. The van der Waals surface area contributed by atoms with Gasteiger partial charge in [0.2, 0.25) is 0 Å². The molecule has 2 unspecified atom stereocenters. The summed E-state index contributed by atoms with van der Waals surface area (Å²) in [5.41, 5.74) is 2.58. The number of ether oxygens (including phenoxy) is 2. The van der Waals surface area contributed by atoms with Crippen LogP contribution in [-0.4, -0.2) is 37.1 Å². The van der Waals surface area contributed by atoms with Crippen LogP contribution in [-0.2, 0) is 15.9 Å². The largest absolute Gasteiger partial charge is 0.351 e. The second-order valence-electron chi connectivity index (χ2n) is 5.06. The molecule has 20 heavy (non-hydrogen) atoms. The van der Waals surface area contributed by atoms with Crippen molar-refractivity contribution < 1.29 is 9.47 Å². The van der Waals surface area contributed by atoms with Crippen molar-refractivity contribution in [1.82, 2.24) is 10.3 Å². The van der Waals surface area contributed by atoms with E-state index in [4.69, 9.17) is 9.47 Å². The zero-order valence-corrected chi connectivity index (χ0v) is 12.8. The Morgan fingerprint density at radius 1 is 1.30 bits per heavy atom. The lowest BCUT2D eigenvalue weighted by Gasteiger charge is -2.31. The van der Waals surface area contributed by atoms with Gasteiger partial charge in [-0.15, -0.1) is 0 Å². The molecule has 1 aliphatic carbocycles. The summed E-state index contributed by atoms with van der Waals surface area (Å²) < 4.78 is 11.6. The first-order chi connectivity index (χ1) is 9.81. The first-order valence-corrected chi connectivity index (χ1v) is 7.72. The van der Waals surface area contributed by atoms with Gasteiger partial charge in [-0.25, -0.2) is 0 Å².